The Labute approximate surface area is 127 Å². The number of amides is 1. The molecular weight excluding hydrogens is 286 g/mol. The third-order valence-corrected chi connectivity index (χ3v) is 3.37. The quantitative estimate of drug-likeness (QED) is 0.865. The fourth-order valence-corrected chi connectivity index (χ4v) is 2.25. The van der Waals surface area contributed by atoms with Gasteiger partial charge in [0.2, 0.25) is 0 Å². The van der Waals surface area contributed by atoms with Gasteiger partial charge in [0.25, 0.3) is 0 Å². The van der Waals surface area contributed by atoms with Crippen molar-refractivity contribution >= 4 is 28.7 Å². The first-order chi connectivity index (χ1) is 10.1. The topological polar surface area (TPSA) is 55.4 Å². The van der Waals surface area contributed by atoms with Gasteiger partial charge in [-0.2, -0.15) is 0 Å². The molecule has 1 amide bonds. The molecule has 1 N–H and O–H groups in total. The summed E-state index contributed by atoms with van der Waals surface area (Å²) in [6, 6.07) is 16.5. The predicted molar refractivity (Wildman–Crippen MR) is 83.2 cm³/mol. The molecule has 0 fully saturated rings. The Hall–Kier alpha value is -2.27. The molecule has 2 aromatic rings. The molecule has 2 rings (SSSR count). The Morgan fingerprint density at radius 2 is 1.71 bits per heavy atom. The van der Waals surface area contributed by atoms with E-state index in [1.54, 1.807) is 24.3 Å². The smallest absolute Gasteiger partial charge is 0.411 e. The van der Waals surface area contributed by atoms with Crippen molar-refractivity contribution in [2.24, 2.45) is 0 Å². The predicted octanol–water partition coefficient (Wildman–Crippen LogP) is 4.07. The number of hydrogen-bond donors (Lipinski definition) is 1. The zero-order valence-corrected chi connectivity index (χ0v) is 12.4. The van der Waals surface area contributed by atoms with Crippen LogP contribution in [-0.4, -0.2) is 11.2 Å². The fourth-order valence-electron chi connectivity index (χ4n) is 1.65. The molecule has 0 saturated heterocycles. The number of nitrogens with one attached hydrogen (secondary N) is 1. The monoisotopic (exact) mass is 301 g/mol. The van der Waals surface area contributed by atoms with Crippen LogP contribution in [-0.2, 0) is 16.1 Å². The first-order valence-corrected chi connectivity index (χ1v) is 7.21. The number of carbonyl (C=O) groups excluding carboxylic acids is 2. The Balaban J connectivity index is 1.83. The lowest BCUT2D eigenvalue weighted by atomic mass is 10.2. The summed E-state index contributed by atoms with van der Waals surface area (Å²) in [4.78, 5) is 23.5. The van der Waals surface area contributed by atoms with E-state index < -0.39 is 6.09 Å². The lowest BCUT2D eigenvalue weighted by Crippen LogP contribution is -2.13. The van der Waals surface area contributed by atoms with Crippen LogP contribution in [0.5, 0.6) is 0 Å². The number of carbonyl (C=O) groups is 2. The van der Waals surface area contributed by atoms with Crippen molar-refractivity contribution in [2.75, 3.05) is 5.32 Å². The minimum absolute atomic E-state index is 0.0259. The molecule has 5 heteroatoms. The highest BCUT2D eigenvalue weighted by molar-refractivity contribution is 8.13. The minimum atomic E-state index is -0.508. The van der Waals surface area contributed by atoms with E-state index in [4.69, 9.17) is 4.74 Å². The van der Waals surface area contributed by atoms with E-state index in [9.17, 15) is 9.59 Å². The van der Waals surface area contributed by atoms with Crippen LogP contribution in [0.1, 0.15) is 12.5 Å². The van der Waals surface area contributed by atoms with Gasteiger partial charge in [0.05, 0.1) is 0 Å². The van der Waals surface area contributed by atoms with Crippen molar-refractivity contribution in [1.29, 1.82) is 0 Å². The highest BCUT2D eigenvalue weighted by Crippen LogP contribution is 2.20. The van der Waals surface area contributed by atoms with Gasteiger partial charge < -0.3 is 4.74 Å². The molecule has 0 heterocycles. The van der Waals surface area contributed by atoms with Gasteiger partial charge in [0.1, 0.15) is 6.61 Å². The molecule has 0 aliphatic heterocycles. The van der Waals surface area contributed by atoms with Crippen LogP contribution >= 0.6 is 11.8 Å². The SMILES string of the molecule is CC(=O)Sc1ccc(NC(=O)OCc2ccccc2)cc1. The van der Waals surface area contributed by atoms with Gasteiger partial charge in [0, 0.05) is 17.5 Å². The van der Waals surface area contributed by atoms with E-state index in [-0.39, 0.29) is 11.7 Å². The first-order valence-electron chi connectivity index (χ1n) is 6.39. The molecule has 21 heavy (non-hydrogen) atoms. The van der Waals surface area contributed by atoms with Gasteiger partial charge in [0.15, 0.2) is 5.12 Å². The van der Waals surface area contributed by atoms with E-state index >= 15 is 0 Å². The first kappa shape index (κ1) is 15.1. The molecular formula is C16H15NO3S. The van der Waals surface area contributed by atoms with Gasteiger partial charge in [-0.15, -0.1) is 0 Å². The van der Waals surface area contributed by atoms with Gasteiger partial charge in [-0.05, 0) is 29.8 Å². The summed E-state index contributed by atoms with van der Waals surface area (Å²) in [6.07, 6.45) is -0.508. The summed E-state index contributed by atoms with van der Waals surface area (Å²) >= 11 is 1.15. The fraction of sp³-hybridized carbons (Fsp3) is 0.125. The number of benzene rings is 2. The third kappa shape index (κ3) is 5.31. The highest BCUT2D eigenvalue weighted by Gasteiger charge is 2.04. The molecule has 2 aromatic carbocycles. The Morgan fingerprint density at radius 1 is 1.05 bits per heavy atom. The van der Waals surface area contributed by atoms with Crippen molar-refractivity contribution in [3.8, 4) is 0 Å². The molecule has 0 saturated carbocycles. The Bertz CT molecular complexity index is 611. The molecule has 0 radical (unpaired) electrons. The lowest BCUT2D eigenvalue weighted by Gasteiger charge is -2.07. The number of hydrogen-bond acceptors (Lipinski definition) is 4. The second-order valence-corrected chi connectivity index (χ2v) is 5.56. The molecule has 4 nitrogen and oxygen atoms in total. The molecule has 0 unspecified atom stereocenters. The van der Waals surface area contributed by atoms with Crippen molar-refractivity contribution < 1.29 is 14.3 Å². The largest absolute Gasteiger partial charge is 0.444 e. The van der Waals surface area contributed by atoms with Crippen LogP contribution in [0.3, 0.4) is 0 Å². The number of thioether (sulfide) groups is 1. The van der Waals surface area contributed by atoms with Crippen LogP contribution in [0.4, 0.5) is 10.5 Å². The van der Waals surface area contributed by atoms with Crippen LogP contribution < -0.4 is 5.32 Å². The molecule has 0 atom stereocenters. The molecule has 0 spiro atoms. The van der Waals surface area contributed by atoms with Crippen LogP contribution in [0, 0.1) is 0 Å². The summed E-state index contributed by atoms with van der Waals surface area (Å²) < 4.78 is 5.12. The Morgan fingerprint density at radius 3 is 2.33 bits per heavy atom. The van der Waals surface area contributed by atoms with E-state index in [1.165, 1.54) is 6.92 Å². The van der Waals surface area contributed by atoms with E-state index in [0.717, 1.165) is 22.2 Å². The number of ether oxygens (including phenoxy) is 1. The standard InChI is InChI=1S/C16H15NO3S/c1-12(18)21-15-9-7-14(8-10-15)17-16(19)20-11-13-5-3-2-4-6-13/h2-10H,11H2,1H3,(H,17,19). The van der Waals surface area contributed by atoms with E-state index in [1.807, 2.05) is 30.3 Å². The molecule has 0 aliphatic carbocycles. The normalized spacial score (nSPS) is 9.95. The second-order valence-electron chi connectivity index (χ2n) is 4.30. The third-order valence-electron chi connectivity index (χ3n) is 2.58. The van der Waals surface area contributed by atoms with Crippen molar-refractivity contribution in [3.05, 3.63) is 60.2 Å². The van der Waals surface area contributed by atoms with E-state index in [2.05, 4.69) is 5.32 Å². The molecule has 108 valence electrons. The zero-order valence-electron chi connectivity index (χ0n) is 11.5. The highest BCUT2D eigenvalue weighted by atomic mass is 32.2. The Kier molecular flexibility index (Phi) is 5.40. The van der Waals surface area contributed by atoms with Gasteiger partial charge in [-0.3, -0.25) is 10.1 Å². The van der Waals surface area contributed by atoms with Crippen LogP contribution in [0.15, 0.2) is 59.5 Å². The summed E-state index contributed by atoms with van der Waals surface area (Å²) in [5, 5.41) is 2.66. The molecule has 0 aliphatic rings. The summed E-state index contributed by atoms with van der Waals surface area (Å²) in [5.74, 6) is 0. The lowest BCUT2D eigenvalue weighted by molar-refractivity contribution is -0.109. The van der Waals surface area contributed by atoms with Crippen molar-refractivity contribution in [1.82, 2.24) is 0 Å². The molecule has 0 bridgehead atoms. The maximum atomic E-state index is 11.7. The number of rotatable bonds is 4. The summed E-state index contributed by atoms with van der Waals surface area (Å²) in [6.45, 7) is 1.74. The van der Waals surface area contributed by atoms with Gasteiger partial charge in [-0.25, -0.2) is 4.79 Å². The second kappa shape index (κ2) is 7.50. The average molecular weight is 301 g/mol. The van der Waals surface area contributed by atoms with Gasteiger partial charge >= 0.3 is 6.09 Å². The minimum Gasteiger partial charge on any atom is -0.444 e. The summed E-state index contributed by atoms with van der Waals surface area (Å²) in [5.41, 5.74) is 1.56. The van der Waals surface area contributed by atoms with Crippen LogP contribution in [0.25, 0.3) is 0 Å². The van der Waals surface area contributed by atoms with Gasteiger partial charge in [-0.1, -0.05) is 42.1 Å². The number of anilines is 1. The van der Waals surface area contributed by atoms with Crippen molar-refractivity contribution in [3.63, 3.8) is 0 Å². The van der Waals surface area contributed by atoms with Crippen molar-refractivity contribution in [2.45, 2.75) is 18.4 Å². The van der Waals surface area contributed by atoms with Crippen LogP contribution in [0.2, 0.25) is 0 Å². The zero-order chi connectivity index (χ0) is 15.1. The molecule has 0 aromatic heterocycles. The average Bonchev–Trinajstić information content (AvgIpc) is 2.48. The summed E-state index contributed by atoms with van der Waals surface area (Å²) in [7, 11) is 0. The maximum Gasteiger partial charge on any atom is 0.411 e. The van der Waals surface area contributed by atoms with E-state index in [0.29, 0.717) is 5.69 Å². The maximum absolute atomic E-state index is 11.7.